The Kier molecular flexibility index (Phi) is 3.79. The van der Waals surface area contributed by atoms with Crippen LogP contribution in [0.3, 0.4) is 0 Å². The Balaban J connectivity index is 1.98. The van der Waals surface area contributed by atoms with Gasteiger partial charge in [0.25, 0.3) is 0 Å². The molecule has 0 aliphatic carbocycles. The quantitative estimate of drug-likeness (QED) is 0.887. The molecule has 1 atom stereocenters. The summed E-state index contributed by atoms with van der Waals surface area (Å²) in [5.41, 5.74) is 1.20. The Hall–Kier alpha value is -1.35. The van der Waals surface area contributed by atoms with Crippen molar-refractivity contribution in [1.29, 1.82) is 0 Å². The van der Waals surface area contributed by atoms with Crippen LogP contribution in [0.4, 0.5) is 5.82 Å². The third-order valence-electron chi connectivity index (χ3n) is 2.70. The Bertz CT molecular complexity index is 490. The van der Waals surface area contributed by atoms with E-state index in [4.69, 9.17) is 0 Å². The van der Waals surface area contributed by atoms with E-state index in [-0.39, 0.29) is 0 Å². The summed E-state index contributed by atoms with van der Waals surface area (Å²) in [5, 5.41) is 3.46. The lowest BCUT2D eigenvalue weighted by Crippen LogP contribution is -2.18. The van der Waals surface area contributed by atoms with Crippen molar-refractivity contribution in [1.82, 2.24) is 4.98 Å². The standard InChI is InChI=1S/C14H18N2S/c1-10-5-4-8-15-14(10)16-11(2)9-13-7-6-12(3)17-13/h4-8,11H,9H2,1-3H3,(H,15,16). The summed E-state index contributed by atoms with van der Waals surface area (Å²) in [6.07, 6.45) is 2.88. The fourth-order valence-corrected chi connectivity index (χ4v) is 2.84. The van der Waals surface area contributed by atoms with Crippen LogP contribution in [0.5, 0.6) is 0 Å². The van der Waals surface area contributed by atoms with Crippen molar-refractivity contribution in [3.63, 3.8) is 0 Å². The molecule has 1 N–H and O–H groups in total. The van der Waals surface area contributed by atoms with Gasteiger partial charge in [-0.3, -0.25) is 0 Å². The molecule has 0 saturated heterocycles. The van der Waals surface area contributed by atoms with Crippen LogP contribution in [-0.4, -0.2) is 11.0 Å². The summed E-state index contributed by atoms with van der Waals surface area (Å²) < 4.78 is 0. The van der Waals surface area contributed by atoms with E-state index in [1.807, 2.05) is 23.6 Å². The molecular formula is C14H18N2S. The normalized spacial score (nSPS) is 12.4. The molecule has 0 spiro atoms. The van der Waals surface area contributed by atoms with Crippen LogP contribution in [0.15, 0.2) is 30.5 Å². The molecule has 0 aromatic carbocycles. The van der Waals surface area contributed by atoms with Crippen molar-refractivity contribution in [2.75, 3.05) is 5.32 Å². The van der Waals surface area contributed by atoms with E-state index in [1.165, 1.54) is 15.3 Å². The minimum atomic E-state index is 0.404. The maximum Gasteiger partial charge on any atom is 0.129 e. The van der Waals surface area contributed by atoms with Gasteiger partial charge in [0.15, 0.2) is 0 Å². The average Bonchev–Trinajstić information content (AvgIpc) is 2.67. The Morgan fingerprint density at radius 1 is 1.29 bits per heavy atom. The molecule has 0 aliphatic heterocycles. The van der Waals surface area contributed by atoms with Gasteiger partial charge in [0.05, 0.1) is 0 Å². The van der Waals surface area contributed by atoms with E-state index in [1.54, 1.807) is 0 Å². The lowest BCUT2D eigenvalue weighted by Gasteiger charge is -2.15. The molecular weight excluding hydrogens is 228 g/mol. The molecule has 2 heterocycles. The first-order chi connectivity index (χ1) is 8.15. The van der Waals surface area contributed by atoms with E-state index < -0.39 is 0 Å². The zero-order valence-corrected chi connectivity index (χ0v) is 11.3. The smallest absolute Gasteiger partial charge is 0.129 e. The number of nitrogens with zero attached hydrogens (tertiary/aromatic N) is 1. The second kappa shape index (κ2) is 5.32. The largest absolute Gasteiger partial charge is 0.367 e. The molecule has 0 fully saturated rings. The first-order valence-corrected chi connectivity index (χ1v) is 6.70. The third kappa shape index (κ3) is 3.30. The maximum absolute atomic E-state index is 4.36. The molecule has 17 heavy (non-hydrogen) atoms. The zero-order chi connectivity index (χ0) is 12.3. The summed E-state index contributed by atoms with van der Waals surface area (Å²) in [4.78, 5) is 7.16. The fourth-order valence-electron chi connectivity index (χ4n) is 1.82. The van der Waals surface area contributed by atoms with Gasteiger partial charge >= 0.3 is 0 Å². The molecule has 2 nitrogen and oxygen atoms in total. The molecule has 1 unspecified atom stereocenters. The Morgan fingerprint density at radius 3 is 2.76 bits per heavy atom. The van der Waals surface area contributed by atoms with Gasteiger partial charge < -0.3 is 5.32 Å². The summed E-state index contributed by atoms with van der Waals surface area (Å²) >= 11 is 1.87. The summed E-state index contributed by atoms with van der Waals surface area (Å²) in [7, 11) is 0. The first kappa shape index (κ1) is 12.1. The van der Waals surface area contributed by atoms with Crippen LogP contribution >= 0.6 is 11.3 Å². The van der Waals surface area contributed by atoms with Crippen LogP contribution in [0, 0.1) is 13.8 Å². The fraction of sp³-hybridized carbons (Fsp3) is 0.357. The summed E-state index contributed by atoms with van der Waals surface area (Å²) in [6, 6.07) is 8.84. The van der Waals surface area contributed by atoms with Gasteiger partial charge in [0.2, 0.25) is 0 Å². The topological polar surface area (TPSA) is 24.9 Å². The zero-order valence-electron chi connectivity index (χ0n) is 10.5. The van der Waals surface area contributed by atoms with Crippen molar-refractivity contribution in [3.8, 4) is 0 Å². The van der Waals surface area contributed by atoms with Crippen molar-refractivity contribution in [3.05, 3.63) is 45.8 Å². The van der Waals surface area contributed by atoms with Crippen molar-refractivity contribution < 1.29 is 0 Å². The highest BCUT2D eigenvalue weighted by atomic mass is 32.1. The van der Waals surface area contributed by atoms with E-state index in [9.17, 15) is 0 Å². The van der Waals surface area contributed by atoms with Gasteiger partial charge in [0.1, 0.15) is 5.82 Å². The summed E-state index contributed by atoms with van der Waals surface area (Å²) in [5.74, 6) is 0.994. The lowest BCUT2D eigenvalue weighted by molar-refractivity contribution is 0.793. The van der Waals surface area contributed by atoms with Gasteiger partial charge in [-0.1, -0.05) is 6.07 Å². The number of anilines is 1. The van der Waals surface area contributed by atoms with E-state index in [2.05, 4.69) is 49.3 Å². The number of aromatic nitrogens is 1. The molecule has 0 bridgehead atoms. The van der Waals surface area contributed by atoms with Crippen LogP contribution in [0.25, 0.3) is 0 Å². The predicted octanol–water partition coefficient (Wildman–Crippen LogP) is 3.80. The van der Waals surface area contributed by atoms with Crippen LogP contribution < -0.4 is 5.32 Å². The number of hydrogen-bond donors (Lipinski definition) is 1. The molecule has 0 radical (unpaired) electrons. The summed E-state index contributed by atoms with van der Waals surface area (Å²) in [6.45, 7) is 6.43. The van der Waals surface area contributed by atoms with Crippen LogP contribution in [0.2, 0.25) is 0 Å². The van der Waals surface area contributed by atoms with Crippen molar-refractivity contribution in [2.45, 2.75) is 33.2 Å². The molecule has 0 aliphatic rings. The number of aryl methyl sites for hydroxylation is 2. The SMILES string of the molecule is Cc1ccc(CC(C)Nc2ncccc2C)s1. The molecule has 0 amide bonds. The second-order valence-electron chi connectivity index (χ2n) is 4.43. The highest BCUT2D eigenvalue weighted by Gasteiger charge is 2.07. The van der Waals surface area contributed by atoms with Crippen LogP contribution in [0.1, 0.15) is 22.2 Å². The highest BCUT2D eigenvalue weighted by molar-refractivity contribution is 7.11. The number of pyridine rings is 1. The van der Waals surface area contributed by atoms with Gasteiger partial charge in [0, 0.05) is 28.4 Å². The van der Waals surface area contributed by atoms with Crippen molar-refractivity contribution in [2.24, 2.45) is 0 Å². The highest BCUT2D eigenvalue weighted by Crippen LogP contribution is 2.18. The maximum atomic E-state index is 4.36. The molecule has 2 rings (SSSR count). The number of thiophene rings is 1. The minimum Gasteiger partial charge on any atom is -0.367 e. The molecule has 3 heteroatoms. The van der Waals surface area contributed by atoms with Gasteiger partial charge in [-0.25, -0.2) is 4.98 Å². The van der Waals surface area contributed by atoms with Crippen molar-refractivity contribution >= 4 is 17.2 Å². The molecule has 2 aromatic heterocycles. The van der Waals surface area contributed by atoms with Gasteiger partial charge in [-0.15, -0.1) is 11.3 Å². The lowest BCUT2D eigenvalue weighted by atomic mass is 10.2. The Morgan fingerprint density at radius 2 is 2.12 bits per heavy atom. The molecule has 0 saturated carbocycles. The molecule has 90 valence electrons. The van der Waals surface area contributed by atoms with Gasteiger partial charge in [-0.2, -0.15) is 0 Å². The number of rotatable bonds is 4. The first-order valence-electron chi connectivity index (χ1n) is 5.88. The average molecular weight is 246 g/mol. The molecule has 2 aromatic rings. The van der Waals surface area contributed by atoms with E-state index in [0.717, 1.165) is 12.2 Å². The van der Waals surface area contributed by atoms with Crippen LogP contribution in [-0.2, 0) is 6.42 Å². The minimum absolute atomic E-state index is 0.404. The second-order valence-corrected chi connectivity index (χ2v) is 5.80. The van der Waals surface area contributed by atoms with E-state index >= 15 is 0 Å². The monoisotopic (exact) mass is 246 g/mol. The van der Waals surface area contributed by atoms with Gasteiger partial charge in [-0.05, 0) is 44.5 Å². The third-order valence-corrected chi connectivity index (χ3v) is 3.72. The predicted molar refractivity (Wildman–Crippen MR) is 74.8 cm³/mol. The van der Waals surface area contributed by atoms with E-state index in [0.29, 0.717) is 6.04 Å². The number of nitrogens with one attached hydrogen (secondary N) is 1. The number of hydrogen-bond acceptors (Lipinski definition) is 3. The Labute approximate surface area is 107 Å².